The Labute approximate surface area is 282 Å². The van der Waals surface area contributed by atoms with E-state index in [1.807, 2.05) is 11.3 Å². The van der Waals surface area contributed by atoms with E-state index in [0.717, 1.165) is 11.4 Å². The quantitative estimate of drug-likeness (QED) is 0.176. The minimum Gasteiger partial charge on any atom is -0.310 e. The first-order valence-electron chi connectivity index (χ1n) is 16.4. The largest absolute Gasteiger partial charge is 0.310 e. The van der Waals surface area contributed by atoms with Crippen LogP contribution in [-0.2, 0) is 0 Å². The van der Waals surface area contributed by atoms with Gasteiger partial charge in [0.25, 0.3) is 0 Å². The van der Waals surface area contributed by atoms with Crippen LogP contribution >= 0.6 is 11.3 Å². The molecule has 48 heavy (non-hydrogen) atoms. The summed E-state index contributed by atoms with van der Waals surface area (Å²) in [5.41, 5.74) is 5.88. The molecule has 1 nitrogen and oxygen atoms in total. The Morgan fingerprint density at radius 3 is 1.75 bits per heavy atom. The average molecular weight is 628 g/mol. The highest BCUT2D eigenvalue weighted by Crippen LogP contribution is 2.46. The van der Waals surface area contributed by atoms with E-state index in [1.54, 1.807) is 0 Å². The van der Waals surface area contributed by atoms with Crippen LogP contribution in [0, 0.1) is 0 Å². The normalized spacial score (nSPS) is 11.8. The number of benzene rings is 9. The second-order valence-electron chi connectivity index (χ2n) is 12.5. The van der Waals surface area contributed by atoms with Gasteiger partial charge < -0.3 is 4.90 Å². The van der Waals surface area contributed by atoms with E-state index in [0.29, 0.717) is 0 Å². The number of anilines is 3. The predicted molar refractivity (Wildman–Crippen MR) is 209 cm³/mol. The maximum Gasteiger partial charge on any atom is 0.0546 e. The van der Waals surface area contributed by atoms with Crippen molar-refractivity contribution in [2.24, 2.45) is 0 Å². The number of hydrogen-bond acceptors (Lipinski definition) is 2. The third-order valence-electron chi connectivity index (χ3n) is 9.80. The molecule has 0 radical (unpaired) electrons. The fourth-order valence-corrected chi connectivity index (χ4v) is 8.81. The predicted octanol–water partition coefficient (Wildman–Crippen LogP) is 13.8. The molecule has 0 fully saturated rings. The molecule has 0 N–H and O–H groups in total. The van der Waals surface area contributed by atoms with Gasteiger partial charge in [-0.1, -0.05) is 146 Å². The molecule has 1 aromatic heterocycles. The second-order valence-corrected chi connectivity index (χ2v) is 13.6. The Morgan fingerprint density at radius 1 is 0.354 bits per heavy atom. The fourth-order valence-electron chi connectivity index (χ4n) is 7.54. The van der Waals surface area contributed by atoms with Crippen molar-refractivity contribution in [1.29, 1.82) is 0 Å². The lowest BCUT2D eigenvalue weighted by Crippen LogP contribution is -2.10. The Kier molecular flexibility index (Phi) is 6.12. The SMILES string of the molecule is c1ccc(-c2ccc(N(c3ccc4c(c3)sc3c5ccccc5ccc43)c3cc4ccc5ccccc5c4c4ccccc34)cc2)cc1. The van der Waals surface area contributed by atoms with E-state index in [2.05, 4.69) is 181 Å². The fraction of sp³-hybridized carbons (Fsp3) is 0. The zero-order valence-corrected chi connectivity index (χ0v) is 26.9. The van der Waals surface area contributed by atoms with Crippen LogP contribution < -0.4 is 4.90 Å². The molecule has 1 heterocycles. The highest BCUT2D eigenvalue weighted by molar-refractivity contribution is 7.26. The highest BCUT2D eigenvalue weighted by atomic mass is 32.1. The standard InChI is InChI=1S/C46H29NS/c1-2-10-30(11-3-1)31-20-23-35(24-21-31)47(36-25-27-40-42-26-22-33-13-5-7-15-38(33)46(42)48-44(40)29-36)43-28-34-19-18-32-12-4-6-14-37(32)45(34)41-17-9-8-16-39(41)43/h1-29H. The molecular weight excluding hydrogens is 599 g/mol. The lowest BCUT2D eigenvalue weighted by Gasteiger charge is -2.28. The Balaban J connectivity index is 1.24. The number of fused-ring (bicyclic) bond motifs is 10. The first-order valence-corrected chi connectivity index (χ1v) is 17.2. The zero-order valence-electron chi connectivity index (χ0n) is 26.1. The molecule has 224 valence electrons. The van der Waals surface area contributed by atoms with Crippen LogP contribution in [0.3, 0.4) is 0 Å². The molecule has 0 saturated carbocycles. The molecule has 2 heteroatoms. The van der Waals surface area contributed by atoms with E-state index >= 15 is 0 Å². The number of thiophene rings is 1. The first kappa shape index (κ1) is 27.2. The van der Waals surface area contributed by atoms with E-state index < -0.39 is 0 Å². The molecule has 0 aliphatic carbocycles. The van der Waals surface area contributed by atoms with Crippen LogP contribution in [0.2, 0.25) is 0 Å². The Hall–Kier alpha value is -5.96. The van der Waals surface area contributed by atoms with Crippen LogP contribution in [0.15, 0.2) is 176 Å². The van der Waals surface area contributed by atoms with E-state index in [9.17, 15) is 0 Å². The van der Waals surface area contributed by atoms with Gasteiger partial charge in [-0.05, 0) is 79.2 Å². The molecule has 10 aromatic rings. The average Bonchev–Trinajstić information content (AvgIpc) is 3.54. The van der Waals surface area contributed by atoms with Gasteiger partial charge >= 0.3 is 0 Å². The number of nitrogens with zero attached hydrogens (tertiary/aromatic N) is 1. The lowest BCUT2D eigenvalue weighted by molar-refractivity contribution is 1.31. The summed E-state index contributed by atoms with van der Waals surface area (Å²) < 4.78 is 2.64. The maximum atomic E-state index is 2.45. The van der Waals surface area contributed by atoms with Gasteiger partial charge in [0, 0.05) is 36.9 Å². The number of hydrogen-bond donors (Lipinski definition) is 0. The van der Waals surface area contributed by atoms with Crippen molar-refractivity contribution in [3.63, 3.8) is 0 Å². The van der Waals surface area contributed by atoms with Gasteiger partial charge in [0.2, 0.25) is 0 Å². The van der Waals surface area contributed by atoms with Gasteiger partial charge in [0.15, 0.2) is 0 Å². The van der Waals surface area contributed by atoms with Crippen LogP contribution in [0.1, 0.15) is 0 Å². The van der Waals surface area contributed by atoms with Crippen molar-refractivity contribution in [2.45, 2.75) is 0 Å². The number of rotatable bonds is 4. The Bertz CT molecular complexity index is 2830. The molecule has 0 unspecified atom stereocenters. The second kappa shape index (κ2) is 10.8. The maximum absolute atomic E-state index is 2.45. The third kappa shape index (κ3) is 4.24. The summed E-state index contributed by atoms with van der Waals surface area (Å²) >= 11 is 1.89. The minimum absolute atomic E-state index is 1.13. The van der Waals surface area contributed by atoms with Gasteiger partial charge in [-0.25, -0.2) is 0 Å². The molecule has 0 bridgehead atoms. The monoisotopic (exact) mass is 627 g/mol. The van der Waals surface area contributed by atoms with E-state index in [1.165, 1.54) is 80.1 Å². The zero-order chi connectivity index (χ0) is 31.6. The lowest BCUT2D eigenvalue weighted by atomic mass is 9.94. The highest BCUT2D eigenvalue weighted by Gasteiger charge is 2.20. The molecule has 0 aliphatic rings. The van der Waals surface area contributed by atoms with Crippen LogP contribution in [0.4, 0.5) is 17.1 Å². The summed E-state index contributed by atoms with van der Waals surface area (Å²) in [6, 6.07) is 64.5. The van der Waals surface area contributed by atoms with Crippen molar-refractivity contribution in [2.75, 3.05) is 4.90 Å². The molecule has 10 rings (SSSR count). The topological polar surface area (TPSA) is 3.24 Å². The van der Waals surface area contributed by atoms with Gasteiger partial charge in [-0.2, -0.15) is 0 Å². The van der Waals surface area contributed by atoms with Gasteiger partial charge in [0.1, 0.15) is 0 Å². The van der Waals surface area contributed by atoms with Crippen LogP contribution in [0.5, 0.6) is 0 Å². The molecule has 9 aromatic carbocycles. The molecular formula is C46H29NS. The van der Waals surface area contributed by atoms with Crippen molar-refractivity contribution in [3.05, 3.63) is 176 Å². The first-order chi connectivity index (χ1) is 23.8. The van der Waals surface area contributed by atoms with Crippen molar-refractivity contribution in [3.8, 4) is 11.1 Å². The molecule has 0 aliphatic heterocycles. The van der Waals surface area contributed by atoms with Crippen molar-refractivity contribution in [1.82, 2.24) is 0 Å². The summed E-state index contributed by atoms with van der Waals surface area (Å²) in [5, 5.41) is 12.8. The summed E-state index contributed by atoms with van der Waals surface area (Å²) in [7, 11) is 0. The summed E-state index contributed by atoms with van der Waals surface area (Å²) in [6.45, 7) is 0. The Morgan fingerprint density at radius 2 is 0.938 bits per heavy atom. The minimum atomic E-state index is 1.13. The van der Waals surface area contributed by atoms with Gasteiger partial charge in [-0.3, -0.25) is 0 Å². The van der Waals surface area contributed by atoms with Crippen LogP contribution in [0.25, 0.3) is 74.4 Å². The third-order valence-corrected chi connectivity index (χ3v) is 11.0. The van der Waals surface area contributed by atoms with E-state index in [-0.39, 0.29) is 0 Å². The van der Waals surface area contributed by atoms with Crippen molar-refractivity contribution < 1.29 is 0 Å². The summed E-state index contributed by atoms with van der Waals surface area (Å²) in [5.74, 6) is 0. The summed E-state index contributed by atoms with van der Waals surface area (Å²) in [6.07, 6.45) is 0. The molecule has 0 amide bonds. The van der Waals surface area contributed by atoms with Gasteiger partial charge in [-0.15, -0.1) is 11.3 Å². The van der Waals surface area contributed by atoms with Crippen LogP contribution in [-0.4, -0.2) is 0 Å². The smallest absolute Gasteiger partial charge is 0.0546 e. The molecule has 0 atom stereocenters. The summed E-state index contributed by atoms with van der Waals surface area (Å²) in [4.78, 5) is 2.45. The van der Waals surface area contributed by atoms with E-state index in [4.69, 9.17) is 0 Å². The molecule has 0 spiro atoms. The van der Waals surface area contributed by atoms with Gasteiger partial charge in [0.05, 0.1) is 5.69 Å². The molecule has 0 saturated heterocycles. The van der Waals surface area contributed by atoms with Crippen molar-refractivity contribution >= 4 is 91.7 Å².